The van der Waals surface area contributed by atoms with E-state index in [9.17, 15) is 19.5 Å². The zero-order valence-corrected chi connectivity index (χ0v) is 14.5. The summed E-state index contributed by atoms with van der Waals surface area (Å²) in [5, 5.41) is 12.4. The average Bonchev–Trinajstić information content (AvgIpc) is 3.11. The van der Waals surface area contributed by atoms with Gasteiger partial charge in [0.15, 0.2) is 5.78 Å². The number of anilines is 1. The zero-order valence-electron chi connectivity index (χ0n) is 14.5. The molecule has 1 amide bonds. The summed E-state index contributed by atoms with van der Waals surface area (Å²) in [6.45, 7) is 3.40. The van der Waals surface area contributed by atoms with Gasteiger partial charge in [0.25, 0.3) is 0 Å². The first-order valence-corrected chi connectivity index (χ1v) is 8.77. The van der Waals surface area contributed by atoms with Gasteiger partial charge in [0, 0.05) is 37.3 Å². The fraction of sp³-hybridized carbons (Fsp3) is 0.526. The summed E-state index contributed by atoms with van der Waals surface area (Å²) in [5.74, 6) is -0.582. The summed E-state index contributed by atoms with van der Waals surface area (Å²) >= 11 is 0. The van der Waals surface area contributed by atoms with Crippen molar-refractivity contribution in [3.63, 3.8) is 0 Å². The third kappa shape index (κ3) is 3.58. The number of ketones is 1. The molecule has 1 saturated heterocycles. The Morgan fingerprint density at radius 2 is 2.00 bits per heavy atom. The van der Waals surface area contributed by atoms with Crippen molar-refractivity contribution in [2.75, 3.05) is 25.0 Å². The molecule has 2 fully saturated rings. The number of amides is 1. The van der Waals surface area contributed by atoms with E-state index in [2.05, 4.69) is 10.2 Å². The molecule has 25 heavy (non-hydrogen) atoms. The van der Waals surface area contributed by atoms with Crippen molar-refractivity contribution in [1.29, 1.82) is 0 Å². The molecule has 1 aliphatic heterocycles. The summed E-state index contributed by atoms with van der Waals surface area (Å²) < 4.78 is 0. The summed E-state index contributed by atoms with van der Waals surface area (Å²) in [5.41, 5.74) is 0.676. The molecule has 0 bridgehead atoms. The molecule has 6 nitrogen and oxygen atoms in total. The van der Waals surface area contributed by atoms with E-state index in [1.54, 1.807) is 24.3 Å². The number of carbonyl (C=O) groups is 3. The molecule has 1 aliphatic carbocycles. The average molecular weight is 344 g/mol. The van der Waals surface area contributed by atoms with Gasteiger partial charge in [0.05, 0.1) is 5.41 Å². The standard InChI is InChI=1S/C19H24N2O4/c1-13(22)14-4-6-16(7-5-14)20-17(23)8-10-21-11-15-3-2-9-19(15,12-21)18(24)25/h4-7,15H,2-3,8-12H2,1H3,(H,20,23)(H,24,25)/t15-,19+/m0/s1. The molecule has 2 atom stereocenters. The van der Waals surface area contributed by atoms with Gasteiger partial charge in [-0.3, -0.25) is 14.4 Å². The number of rotatable bonds is 6. The zero-order chi connectivity index (χ0) is 18.0. The maximum atomic E-state index is 12.1. The van der Waals surface area contributed by atoms with Crippen LogP contribution in [-0.2, 0) is 9.59 Å². The Balaban J connectivity index is 1.50. The normalized spacial score (nSPS) is 25.6. The van der Waals surface area contributed by atoms with Crippen molar-refractivity contribution in [2.24, 2.45) is 11.3 Å². The molecule has 1 aromatic rings. The molecule has 0 aromatic heterocycles. The first-order valence-electron chi connectivity index (χ1n) is 8.77. The Morgan fingerprint density at radius 1 is 1.28 bits per heavy atom. The first-order chi connectivity index (χ1) is 11.9. The largest absolute Gasteiger partial charge is 0.481 e. The first kappa shape index (κ1) is 17.6. The molecule has 1 aromatic carbocycles. The molecule has 0 spiro atoms. The van der Waals surface area contributed by atoms with Gasteiger partial charge in [-0.2, -0.15) is 0 Å². The van der Waals surface area contributed by atoms with Crippen LogP contribution in [0.15, 0.2) is 24.3 Å². The minimum Gasteiger partial charge on any atom is -0.481 e. The van der Waals surface area contributed by atoms with E-state index in [0.717, 1.165) is 25.8 Å². The van der Waals surface area contributed by atoms with Crippen molar-refractivity contribution in [1.82, 2.24) is 4.90 Å². The van der Waals surface area contributed by atoms with Crippen LogP contribution in [-0.4, -0.2) is 47.3 Å². The van der Waals surface area contributed by atoms with Crippen LogP contribution < -0.4 is 5.32 Å². The van der Waals surface area contributed by atoms with Gasteiger partial charge in [-0.1, -0.05) is 6.42 Å². The lowest BCUT2D eigenvalue weighted by atomic mass is 9.81. The summed E-state index contributed by atoms with van der Waals surface area (Å²) in [7, 11) is 0. The number of Topliss-reactive ketones (excluding diaryl/α,β-unsaturated/α-hetero) is 1. The van der Waals surface area contributed by atoms with Crippen molar-refractivity contribution < 1.29 is 19.5 Å². The van der Waals surface area contributed by atoms with Crippen LogP contribution in [0, 0.1) is 11.3 Å². The second kappa shape index (κ2) is 6.96. The minimum absolute atomic E-state index is 0.00943. The van der Waals surface area contributed by atoms with Gasteiger partial charge in [0.1, 0.15) is 0 Å². The van der Waals surface area contributed by atoms with E-state index in [4.69, 9.17) is 0 Å². The number of carboxylic acids is 1. The van der Waals surface area contributed by atoms with E-state index in [-0.39, 0.29) is 17.6 Å². The maximum absolute atomic E-state index is 12.1. The van der Waals surface area contributed by atoms with Crippen molar-refractivity contribution in [3.05, 3.63) is 29.8 Å². The molecular weight excluding hydrogens is 320 g/mol. The highest BCUT2D eigenvalue weighted by atomic mass is 16.4. The highest BCUT2D eigenvalue weighted by molar-refractivity contribution is 5.95. The van der Waals surface area contributed by atoms with Crippen LogP contribution in [0.5, 0.6) is 0 Å². The molecule has 134 valence electrons. The van der Waals surface area contributed by atoms with E-state index in [1.165, 1.54) is 6.92 Å². The molecule has 2 N–H and O–H groups in total. The number of hydrogen-bond donors (Lipinski definition) is 2. The predicted octanol–water partition coefficient (Wildman–Crippen LogP) is 2.40. The molecule has 0 unspecified atom stereocenters. The second-order valence-corrected chi connectivity index (χ2v) is 7.22. The number of likely N-dealkylation sites (tertiary alicyclic amines) is 1. The molecule has 1 saturated carbocycles. The lowest BCUT2D eigenvalue weighted by Gasteiger charge is -2.23. The van der Waals surface area contributed by atoms with Crippen LogP contribution in [0.1, 0.15) is 43.0 Å². The van der Waals surface area contributed by atoms with Gasteiger partial charge in [0.2, 0.25) is 5.91 Å². The van der Waals surface area contributed by atoms with Crippen molar-refractivity contribution in [3.8, 4) is 0 Å². The fourth-order valence-electron chi connectivity index (χ4n) is 4.18. The van der Waals surface area contributed by atoms with Crippen LogP contribution in [0.4, 0.5) is 5.69 Å². The van der Waals surface area contributed by atoms with Crippen molar-refractivity contribution >= 4 is 23.3 Å². The summed E-state index contributed by atoms with van der Waals surface area (Å²) in [6.07, 6.45) is 3.04. The third-order valence-corrected chi connectivity index (χ3v) is 5.60. The van der Waals surface area contributed by atoms with Gasteiger partial charge < -0.3 is 15.3 Å². The number of nitrogens with zero attached hydrogens (tertiary/aromatic N) is 1. The van der Waals surface area contributed by atoms with Gasteiger partial charge in [-0.25, -0.2) is 0 Å². The Bertz CT molecular complexity index is 685. The quantitative estimate of drug-likeness (QED) is 0.774. The number of nitrogens with one attached hydrogen (secondary N) is 1. The van der Waals surface area contributed by atoms with E-state index in [1.807, 2.05) is 0 Å². The van der Waals surface area contributed by atoms with Crippen molar-refractivity contribution in [2.45, 2.75) is 32.6 Å². The summed E-state index contributed by atoms with van der Waals surface area (Å²) in [6, 6.07) is 6.81. The maximum Gasteiger partial charge on any atom is 0.311 e. The molecule has 3 rings (SSSR count). The van der Waals surface area contributed by atoms with E-state index in [0.29, 0.717) is 30.8 Å². The second-order valence-electron chi connectivity index (χ2n) is 7.22. The van der Waals surface area contributed by atoms with Crippen LogP contribution in [0.2, 0.25) is 0 Å². The van der Waals surface area contributed by atoms with Gasteiger partial charge >= 0.3 is 5.97 Å². The summed E-state index contributed by atoms with van der Waals surface area (Å²) in [4.78, 5) is 37.2. The molecule has 2 aliphatic rings. The molecular formula is C19H24N2O4. The number of aliphatic carboxylic acids is 1. The molecule has 0 radical (unpaired) electrons. The molecule has 6 heteroatoms. The smallest absolute Gasteiger partial charge is 0.311 e. The van der Waals surface area contributed by atoms with Gasteiger partial charge in [-0.15, -0.1) is 0 Å². The number of carboxylic acid groups (broad SMARTS) is 1. The number of hydrogen-bond acceptors (Lipinski definition) is 4. The predicted molar refractivity (Wildman–Crippen MR) is 93.5 cm³/mol. The lowest BCUT2D eigenvalue weighted by Crippen LogP contribution is -2.36. The Labute approximate surface area is 147 Å². The van der Waals surface area contributed by atoms with Crippen LogP contribution in [0.25, 0.3) is 0 Å². The fourth-order valence-corrected chi connectivity index (χ4v) is 4.18. The van der Waals surface area contributed by atoms with Gasteiger partial charge in [-0.05, 0) is 49.9 Å². The SMILES string of the molecule is CC(=O)c1ccc(NC(=O)CCN2C[C@@H]3CCC[C@@]3(C(=O)O)C2)cc1. The highest BCUT2D eigenvalue weighted by Crippen LogP contribution is 2.48. The highest BCUT2D eigenvalue weighted by Gasteiger charge is 2.54. The van der Waals surface area contributed by atoms with Crippen LogP contribution >= 0.6 is 0 Å². The number of benzene rings is 1. The Morgan fingerprint density at radius 3 is 2.60 bits per heavy atom. The number of fused-ring (bicyclic) bond motifs is 1. The minimum atomic E-state index is -0.687. The van der Waals surface area contributed by atoms with E-state index >= 15 is 0 Å². The number of carbonyl (C=O) groups excluding carboxylic acids is 2. The topological polar surface area (TPSA) is 86.7 Å². The third-order valence-electron chi connectivity index (χ3n) is 5.60. The Kier molecular flexibility index (Phi) is 4.90. The molecule has 1 heterocycles. The van der Waals surface area contributed by atoms with Crippen LogP contribution in [0.3, 0.4) is 0 Å². The monoisotopic (exact) mass is 344 g/mol. The Hall–Kier alpha value is -2.21. The lowest BCUT2D eigenvalue weighted by molar-refractivity contribution is -0.149. The van der Waals surface area contributed by atoms with E-state index < -0.39 is 11.4 Å².